The number of carbonyl (C=O) groups is 1. The molecule has 0 unspecified atom stereocenters. The van der Waals surface area contributed by atoms with Crippen LogP contribution in [0.2, 0.25) is 0 Å². The predicted octanol–water partition coefficient (Wildman–Crippen LogP) is 3.99. The Morgan fingerprint density at radius 3 is 2.35 bits per heavy atom. The minimum Gasteiger partial charge on any atom is -0.496 e. The summed E-state index contributed by atoms with van der Waals surface area (Å²) in [5, 5.41) is 0.813. The highest BCUT2D eigenvalue weighted by molar-refractivity contribution is 6.02. The molecule has 1 fully saturated rings. The van der Waals surface area contributed by atoms with E-state index in [0.717, 1.165) is 18.2 Å². The summed E-state index contributed by atoms with van der Waals surface area (Å²) in [5.74, 6) is 1.81. The fourth-order valence-corrected chi connectivity index (χ4v) is 3.97. The van der Waals surface area contributed by atoms with E-state index in [2.05, 4.69) is 4.98 Å². The van der Waals surface area contributed by atoms with Crippen molar-refractivity contribution in [2.45, 2.75) is 45.1 Å². The molecule has 6 nitrogen and oxygen atoms in total. The van der Waals surface area contributed by atoms with E-state index in [1.54, 1.807) is 27.4 Å². The number of benzene rings is 1. The smallest absolute Gasteiger partial charge is 0.270 e. The molecule has 1 saturated carbocycles. The Morgan fingerprint density at radius 1 is 1.08 bits per heavy atom. The van der Waals surface area contributed by atoms with Gasteiger partial charge in [0.15, 0.2) is 11.5 Å². The number of hydrogen-bond donors (Lipinski definition) is 1. The van der Waals surface area contributed by atoms with E-state index in [1.165, 1.54) is 19.3 Å². The third-order valence-corrected chi connectivity index (χ3v) is 5.29. The molecule has 3 rings (SSSR count). The minimum absolute atomic E-state index is 0.0265. The zero-order valence-electron chi connectivity index (χ0n) is 16.1. The van der Waals surface area contributed by atoms with Crippen LogP contribution in [-0.4, -0.2) is 49.7 Å². The summed E-state index contributed by atoms with van der Waals surface area (Å²) in [7, 11) is 4.78. The number of H-pyrrole nitrogens is 1. The number of amides is 1. The van der Waals surface area contributed by atoms with Crippen molar-refractivity contribution in [3.05, 3.63) is 17.8 Å². The molecule has 0 spiro atoms. The van der Waals surface area contributed by atoms with Gasteiger partial charge in [-0.05, 0) is 25.8 Å². The lowest BCUT2D eigenvalue weighted by Crippen LogP contribution is -2.41. The molecule has 0 bridgehead atoms. The third-order valence-electron chi connectivity index (χ3n) is 5.29. The van der Waals surface area contributed by atoms with Gasteiger partial charge in [-0.15, -0.1) is 0 Å². The fraction of sp³-hybridized carbons (Fsp3) is 0.550. The van der Waals surface area contributed by atoms with Crippen molar-refractivity contribution in [3.63, 3.8) is 0 Å². The summed E-state index contributed by atoms with van der Waals surface area (Å²) in [6.07, 6.45) is 5.82. The van der Waals surface area contributed by atoms with Crippen molar-refractivity contribution in [1.29, 1.82) is 0 Å². The number of aromatic amines is 1. The molecule has 1 N–H and O–H groups in total. The summed E-state index contributed by atoms with van der Waals surface area (Å²) in [6.45, 7) is 2.75. The Bertz CT molecular complexity index is 778. The van der Waals surface area contributed by atoms with Crippen molar-refractivity contribution < 1.29 is 19.0 Å². The normalized spacial score (nSPS) is 15.1. The number of nitrogens with zero attached hydrogens (tertiary/aromatic N) is 1. The average Bonchev–Trinajstić information content (AvgIpc) is 3.13. The lowest BCUT2D eigenvalue weighted by atomic mass is 9.94. The minimum atomic E-state index is 0.0265. The van der Waals surface area contributed by atoms with Crippen LogP contribution in [0.4, 0.5) is 0 Å². The van der Waals surface area contributed by atoms with E-state index in [0.29, 0.717) is 41.0 Å². The average molecular weight is 360 g/mol. The first kappa shape index (κ1) is 18.4. The number of carbonyl (C=O) groups excluding carboxylic acids is 1. The molecule has 0 aliphatic heterocycles. The molecule has 1 aromatic carbocycles. The molecule has 6 heteroatoms. The number of aromatic nitrogens is 1. The Morgan fingerprint density at radius 2 is 1.77 bits per heavy atom. The standard InChI is InChI=1S/C20H28N2O4/c1-5-22(13-9-7-6-8-10-13)20(23)15-11-14-16(24-2)12-17(25-3)19(26-4)18(14)21-15/h11-13,21H,5-10H2,1-4H3. The van der Waals surface area contributed by atoms with Crippen molar-refractivity contribution in [2.24, 2.45) is 0 Å². The number of hydrogen-bond acceptors (Lipinski definition) is 4. The molecule has 0 atom stereocenters. The molecular weight excluding hydrogens is 332 g/mol. The topological polar surface area (TPSA) is 63.8 Å². The number of ether oxygens (including phenoxy) is 3. The highest BCUT2D eigenvalue weighted by Gasteiger charge is 2.27. The molecule has 1 aliphatic carbocycles. The van der Waals surface area contributed by atoms with Crippen LogP contribution in [0.1, 0.15) is 49.5 Å². The molecule has 1 aliphatic rings. The molecule has 26 heavy (non-hydrogen) atoms. The Hall–Kier alpha value is -2.37. The van der Waals surface area contributed by atoms with Crippen LogP contribution in [0.5, 0.6) is 17.2 Å². The molecule has 2 aromatic rings. The Labute approximate surface area is 154 Å². The summed E-state index contributed by atoms with van der Waals surface area (Å²) >= 11 is 0. The van der Waals surface area contributed by atoms with Crippen molar-refractivity contribution in [1.82, 2.24) is 9.88 Å². The van der Waals surface area contributed by atoms with Gasteiger partial charge in [-0.25, -0.2) is 0 Å². The predicted molar refractivity (Wildman–Crippen MR) is 102 cm³/mol. The van der Waals surface area contributed by atoms with E-state index in [-0.39, 0.29) is 5.91 Å². The SMILES string of the molecule is CCN(C(=O)c1cc2c(OC)cc(OC)c(OC)c2[nH]1)C1CCCCC1. The van der Waals surface area contributed by atoms with Gasteiger partial charge in [0.05, 0.1) is 26.8 Å². The maximum Gasteiger partial charge on any atom is 0.270 e. The number of fused-ring (bicyclic) bond motifs is 1. The van der Waals surface area contributed by atoms with Crippen LogP contribution in [0, 0.1) is 0 Å². The second-order valence-electron chi connectivity index (χ2n) is 6.67. The first-order chi connectivity index (χ1) is 12.6. The van der Waals surface area contributed by atoms with Gasteiger partial charge in [0.1, 0.15) is 11.4 Å². The molecule has 1 amide bonds. The Balaban J connectivity index is 2.03. The number of methoxy groups -OCH3 is 3. The quantitative estimate of drug-likeness (QED) is 0.846. The maximum atomic E-state index is 13.2. The zero-order valence-corrected chi connectivity index (χ0v) is 16.1. The zero-order chi connectivity index (χ0) is 18.7. The van der Waals surface area contributed by atoms with Crippen LogP contribution in [0.3, 0.4) is 0 Å². The summed E-state index contributed by atoms with van der Waals surface area (Å²) in [5.41, 5.74) is 1.27. The van der Waals surface area contributed by atoms with Gasteiger partial charge in [-0.2, -0.15) is 0 Å². The molecule has 0 radical (unpaired) electrons. The molecule has 142 valence electrons. The van der Waals surface area contributed by atoms with E-state index < -0.39 is 0 Å². The van der Waals surface area contributed by atoms with Gasteiger partial charge in [-0.3, -0.25) is 4.79 Å². The van der Waals surface area contributed by atoms with Gasteiger partial charge < -0.3 is 24.1 Å². The van der Waals surface area contributed by atoms with Gasteiger partial charge in [0.25, 0.3) is 5.91 Å². The summed E-state index contributed by atoms with van der Waals surface area (Å²) in [4.78, 5) is 18.4. The molecule has 0 saturated heterocycles. The number of rotatable bonds is 6. The lowest BCUT2D eigenvalue weighted by molar-refractivity contribution is 0.0643. The summed E-state index contributed by atoms with van der Waals surface area (Å²) in [6, 6.07) is 3.96. The van der Waals surface area contributed by atoms with E-state index in [1.807, 2.05) is 17.9 Å². The van der Waals surface area contributed by atoms with Crippen LogP contribution in [0.15, 0.2) is 12.1 Å². The third kappa shape index (κ3) is 3.20. The van der Waals surface area contributed by atoms with Crippen molar-refractivity contribution in [3.8, 4) is 17.2 Å². The van der Waals surface area contributed by atoms with Gasteiger partial charge in [0, 0.05) is 24.0 Å². The highest BCUT2D eigenvalue weighted by Crippen LogP contribution is 2.41. The van der Waals surface area contributed by atoms with Crippen LogP contribution in [-0.2, 0) is 0 Å². The van der Waals surface area contributed by atoms with E-state index >= 15 is 0 Å². The van der Waals surface area contributed by atoms with Gasteiger partial charge >= 0.3 is 0 Å². The van der Waals surface area contributed by atoms with Crippen molar-refractivity contribution in [2.75, 3.05) is 27.9 Å². The second-order valence-corrected chi connectivity index (χ2v) is 6.67. The number of nitrogens with one attached hydrogen (secondary N) is 1. The highest BCUT2D eigenvalue weighted by atomic mass is 16.5. The monoisotopic (exact) mass is 360 g/mol. The van der Waals surface area contributed by atoms with E-state index in [9.17, 15) is 4.79 Å². The van der Waals surface area contributed by atoms with Gasteiger partial charge in [0.2, 0.25) is 0 Å². The van der Waals surface area contributed by atoms with Gasteiger partial charge in [-0.1, -0.05) is 19.3 Å². The van der Waals surface area contributed by atoms with Crippen LogP contribution in [0.25, 0.3) is 10.9 Å². The Kier molecular flexibility index (Phi) is 5.59. The van der Waals surface area contributed by atoms with Crippen LogP contribution >= 0.6 is 0 Å². The lowest BCUT2D eigenvalue weighted by Gasteiger charge is -2.33. The molecule has 1 aromatic heterocycles. The first-order valence-electron chi connectivity index (χ1n) is 9.27. The van der Waals surface area contributed by atoms with E-state index in [4.69, 9.17) is 14.2 Å². The molecular formula is C20H28N2O4. The molecule has 1 heterocycles. The first-order valence-corrected chi connectivity index (χ1v) is 9.27. The van der Waals surface area contributed by atoms with Crippen molar-refractivity contribution >= 4 is 16.8 Å². The fourth-order valence-electron chi connectivity index (χ4n) is 3.97. The second kappa shape index (κ2) is 7.89. The maximum absolute atomic E-state index is 13.2. The summed E-state index contributed by atoms with van der Waals surface area (Å²) < 4.78 is 16.4. The largest absolute Gasteiger partial charge is 0.496 e. The van der Waals surface area contributed by atoms with Crippen LogP contribution < -0.4 is 14.2 Å².